The minimum atomic E-state index is -4.05. The summed E-state index contributed by atoms with van der Waals surface area (Å²) in [6.07, 6.45) is 10.7. The van der Waals surface area contributed by atoms with Gasteiger partial charge in [-0.15, -0.1) is 0 Å². The molecular weight excluding hydrogens is 315 g/mol. The minimum absolute atomic E-state index is 0. The quantitative estimate of drug-likeness (QED) is 0.272. The van der Waals surface area contributed by atoms with Crippen LogP contribution in [0.4, 0.5) is 0 Å². The van der Waals surface area contributed by atoms with Gasteiger partial charge in [0.05, 0.1) is 6.61 Å². The first-order valence-electron chi connectivity index (χ1n) is 8.27. The first-order valence-corrected chi connectivity index (χ1v) is 9.61. The van der Waals surface area contributed by atoms with Crippen molar-refractivity contribution >= 4 is 10.4 Å². The Kier molecular flexibility index (Phi) is 19.0. The summed E-state index contributed by atoms with van der Waals surface area (Å²) in [5.41, 5.74) is 0. The van der Waals surface area contributed by atoms with Gasteiger partial charge in [-0.3, -0.25) is 0 Å². The van der Waals surface area contributed by atoms with Crippen molar-refractivity contribution in [3.05, 3.63) is 0 Å². The van der Waals surface area contributed by atoms with Crippen LogP contribution >= 0.6 is 0 Å². The number of unbranched alkanes of at least 4 members (excludes halogenated alkanes) is 9. The van der Waals surface area contributed by atoms with E-state index in [0.717, 1.165) is 12.8 Å². The number of aliphatic hydroxyl groups is 1. The molecule has 0 saturated carbocycles. The fourth-order valence-electron chi connectivity index (χ4n) is 1.98. The van der Waals surface area contributed by atoms with E-state index in [1.54, 1.807) is 6.92 Å². The van der Waals surface area contributed by atoms with Crippen molar-refractivity contribution < 1.29 is 52.9 Å². The van der Waals surface area contributed by atoms with E-state index in [9.17, 15) is 8.42 Å². The van der Waals surface area contributed by atoms with Crippen molar-refractivity contribution in [2.75, 3.05) is 6.61 Å². The molecule has 1 N–H and O–H groups in total. The number of aliphatic hydroxyl groups excluding tert-OH is 1. The topological polar surface area (TPSA) is 72.8 Å². The summed E-state index contributed by atoms with van der Waals surface area (Å²) in [6, 6.07) is 0. The minimum Gasteiger partial charge on any atom is -1.00 e. The van der Waals surface area contributed by atoms with Crippen molar-refractivity contribution in [3.63, 3.8) is 0 Å². The van der Waals surface area contributed by atoms with E-state index < -0.39 is 16.7 Å². The zero-order chi connectivity index (χ0) is 16.0. The Morgan fingerprint density at radius 2 is 1.36 bits per heavy atom. The average molecular weight is 348 g/mol. The summed E-state index contributed by atoms with van der Waals surface area (Å²) in [6.45, 7) is 3.97. The fourth-order valence-corrected chi connectivity index (χ4v) is 2.77. The van der Waals surface area contributed by atoms with Crippen LogP contribution in [0.2, 0.25) is 0 Å². The van der Waals surface area contributed by atoms with Crippen LogP contribution < -0.4 is 29.6 Å². The smallest absolute Gasteiger partial charge is 1.00 e. The Morgan fingerprint density at radius 1 is 0.909 bits per heavy atom. The van der Waals surface area contributed by atoms with Crippen LogP contribution in [0, 0.1) is 0 Å². The zero-order valence-electron chi connectivity index (χ0n) is 15.6. The normalized spacial score (nSPS) is 12.9. The molecule has 0 aliphatic heterocycles. The van der Waals surface area contributed by atoms with Gasteiger partial charge in [-0.25, -0.2) is 8.37 Å². The molecule has 0 aliphatic rings. The molecule has 0 aliphatic carbocycles. The van der Waals surface area contributed by atoms with Crippen LogP contribution in [0.3, 0.4) is 0 Å². The first kappa shape index (κ1) is 25.1. The van der Waals surface area contributed by atoms with Gasteiger partial charge in [-0.1, -0.05) is 71.6 Å². The second kappa shape index (κ2) is 16.7. The maximum Gasteiger partial charge on any atom is 1.00 e. The van der Waals surface area contributed by atoms with Gasteiger partial charge in [-0.05, 0) is 12.8 Å². The predicted molar refractivity (Wildman–Crippen MR) is 85.2 cm³/mol. The van der Waals surface area contributed by atoms with Crippen molar-refractivity contribution in [1.82, 2.24) is 0 Å². The molecule has 1 unspecified atom stereocenters. The molecule has 0 heterocycles. The molecule has 0 saturated heterocycles. The molecule has 0 amide bonds. The Balaban J connectivity index is -0.00000200. The predicted octanol–water partition coefficient (Wildman–Crippen LogP) is 1.03. The van der Waals surface area contributed by atoms with E-state index in [0.29, 0.717) is 6.42 Å². The summed E-state index contributed by atoms with van der Waals surface area (Å²) < 4.78 is 31.6. The van der Waals surface area contributed by atoms with Crippen molar-refractivity contribution in [2.45, 2.75) is 90.8 Å². The SMILES string of the molecule is CCCCCCCCCCCCOS(=O)(=O)OC(O)CC.[H-].[Na+]. The van der Waals surface area contributed by atoms with Crippen LogP contribution in [-0.4, -0.2) is 26.4 Å². The molecule has 0 aromatic carbocycles. The standard InChI is InChI=1S/C15H32O5S.Na.H/c1-3-5-6-7-8-9-10-11-12-13-14-19-21(17,18)20-15(16)4-2;;/h15-16H,3-14H2,1-2H3;;/q;+1;-1. The average Bonchev–Trinajstić information content (AvgIpc) is 2.44. The number of rotatable bonds is 15. The van der Waals surface area contributed by atoms with E-state index in [-0.39, 0.29) is 44.0 Å². The summed E-state index contributed by atoms with van der Waals surface area (Å²) in [5, 5.41) is 9.09. The number of hydrogen-bond donors (Lipinski definition) is 1. The second-order valence-electron chi connectivity index (χ2n) is 5.37. The van der Waals surface area contributed by atoms with E-state index >= 15 is 0 Å². The van der Waals surface area contributed by atoms with E-state index in [2.05, 4.69) is 15.3 Å². The Hall–Kier alpha value is 0.830. The van der Waals surface area contributed by atoms with Crippen molar-refractivity contribution in [1.29, 1.82) is 0 Å². The molecule has 7 heteroatoms. The molecular formula is C15H33NaO5S. The molecule has 1 atom stereocenters. The maximum atomic E-state index is 11.3. The van der Waals surface area contributed by atoms with Gasteiger partial charge in [0.2, 0.25) is 0 Å². The number of hydrogen-bond acceptors (Lipinski definition) is 5. The Bertz CT molecular complexity index is 328. The molecule has 130 valence electrons. The summed E-state index contributed by atoms with van der Waals surface area (Å²) >= 11 is 0. The first-order chi connectivity index (χ1) is 10.0. The molecule has 0 bridgehead atoms. The van der Waals surface area contributed by atoms with Gasteiger partial charge in [-0.2, -0.15) is 8.42 Å². The second-order valence-corrected chi connectivity index (χ2v) is 6.62. The van der Waals surface area contributed by atoms with Gasteiger partial charge >= 0.3 is 40.0 Å². The molecule has 5 nitrogen and oxygen atoms in total. The van der Waals surface area contributed by atoms with E-state index in [4.69, 9.17) is 5.11 Å². The van der Waals surface area contributed by atoms with Crippen molar-refractivity contribution in [3.8, 4) is 0 Å². The van der Waals surface area contributed by atoms with Crippen LogP contribution in [0.1, 0.15) is 85.9 Å². The molecule has 0 aromatic heterocycles. The van der Waals surface area contributed by atoms with Gasteiger partial charge in [0.1, 0.15) is 0 Å². The molecule has 0 radical (unpaired) electrons. The molecule has 0 spiro atoms. The maximum absolute atomic E-state index is 11.3. The summed E-state index contributed by atoms with van der Waals surface area (Å²) in [7, 11) is -4.05. The fraction of sp³-hybridized carbons (Fsp3) is 1.00. The van der Waals surface area contributed by atoms with E-state index in [1.165, 1.54) is 44.9 Å². The van der Waals surface area contributed by atoms with Gasteiger partial charge in [0, 0.05) is 0 Å². The van der Waals surface area contributed by atoms with Gasteiger partial charge < -0.3 is 6.53 Å². The third kappa shape index (κ3) is 17.2. The molecule has 0 aromatic rings. The molecule has 0 fully saturated rings. The summed E-state index contributed by atoms with van der Waals surface area (Å²) in [4.78, 5) is 0. The largest absolute Gasteiger partial charge is 1.00 e. The van der Waals surface area contributed by atoms with Gasteiger partial charge in [0.15, 0.2) is 6.29 Å². The molecule has 0 rings (SSSR count). The van der Waals surface area contributed by atoms with E-state index in [1.807, 2.05) is 0 Å². The third-order valence-corrected chi connectivity index (χ3v) is 4.22. The van der Waals surface area contributed by atoms with Crippen LogP contribution in [0.15, 0.2) is 0 Å². The van der Waals surface area contributed by atoms with Gasteiger partial charge in [0.25, 0.3) is 0 Å². The van der Waals surface area contributed by atoms with Crippen LogP contribution in [0.5, 0.6) is 0 Å². The Labute approximate surface area is 160 Å². The summed E-state index contributed by atoms with van der Waals surface area (Å²) in [5.74, 6) is 0. The Morgan fingerprint density at radius 3 is 1.82 bits per heavy atom. The third-order valence-electron chi connectivity index (χ3n) is 3.30. The van der Waals surface area contributed by atoms with Crippen LogP contribution in [0.25, 0.3) is 0 Å². The van der Waals surface area contributed by atoms with Crippen molar-refractivity contribution in [2.24, 2.45) is 0 Å². The zero-order valence-corrected chi connectivity index (χ0v) is 17.4. The monoisotopic (exact) mass is 348 g/mol. The van der Waals surface area contributed by atoms with Crippen LogP contribution in [-0.2, 0) is 18.8 Å². The molecule has 22 heavy (non-hydrogen) atoms.